The Morgan fingerprint density at radius 3 is 2.70 bits per heavy atom. The number of aryl methyl sites for hydroxylation is 2. The van der Waals surface area contributed by atoms with Crippen molar-refractivity contribution in [2.45, 2.75) is 37.7 Å². The van der Waals surface area contributed by atoms with Gasteiger partial charge < -0.3 is 5.32 Å². The molecule has 1 amide bonds. The molecular weight excluding hydrogens is 378 g/mol. The summed E-state index contributed by atoms with van der Waals surface area (Å²) in [6.07, 6.45) is 1.80. The Kier molecular flexibility index (Phi) is 6.08. The van der Waals surface area contributed by atoms with E-state index in [0.29, 0.717) is 16.8 Å². The molecule has 0 aliphatic rings. The van der Waals surface area contributed by atoms with E-state index in [2.05, 4.69) is 27.1 Å². The highest BCUT2D eigenvalue weighted by Gasteiger charge is 2.21. The van der Waals surface area contributed by atoms with E-state index in [1.807, 2.05) is 55.7 Å². The van der Waals surface area contributed by atoms with Crippen LogP contribution in [-0.2, 0) is 11.3 Å². The lowest BCUT2D eigenvalue weighted by Crippen LogP contribution is -2.22. The number of hydrogen-bond donors (Lipinski definition) is 1. The monoisotopic (exact) mass is 399 g/mol. The van der Waals surface area contributed by atoms with E-state index in [1.54, 1.807) is 6.08 Å². The normalized spacial score (nSPS) is 12.0. The fraction of sp³-hybridized carbons (Fsp3) is 0.263. The first-order valence-electron chi connectivity index (χ1n) is 8.50. The molecule has 0 spiro atoms. The number of aromatic nitrogens is 4. The Hall–Kier alpha value is -2.45. The molecule has 3 aromatic rings. The standard InChI is InChI=1S/C19H21N5OS2/c1-5-11-24-16(15-9-7-6-8-10-15)22-23-19(24)27-14(4)17(25)21-18-20-12(2)13(3)26-18/h5-10,14H,1,11H2,2-4H3,(H,20,21,25)/t14-/m1/s1. The van der Waals surface area contributed by atoms with Crippen LogP contribution in [0.25, 0.3) is 11.4 Å². The van der Waals surface area contributed by atoms with Gasteiger partial charge in [0.05, 0.1) is 10.9 Å². The molecule has 0 saturated heterocycles. The van der Waals surface area contributed by atoms with Gasteiger partial charge in [0.2, 0.25) is 5.91 Å². The second kappa shape index (κ2) is 8.49. The Labute approximate surface area is 166 Å². The maximum Gasteiger partial charge on any atom is 0.239 e. The van der Waals surface area contributed by atoms with Crippen LogP contribution in [0.15, 0.2) is 48.1 Å². The molecule has 0 aliphatic carbocycles. The summed E-state index contributed by atoms with van der Waals surface area (Å²) in [5.41, 5.74) is 1.92. The first kappa shape index (κ1) is 19.3. The molecule has 0 aliphatic heterocycles. The van der Waals surface area contributed by atoms with Crippen LogP contribution in [0.2, 0.25) is 0 Å². The fourth-order valence-electron chi connectivity index (χ4n) is 2.42. The summed E-state index contributed by atoms with van der Waals surface area (Å²) in [6.45, 7) is 10.2. The number of rotatable bonds is 7. The predicted octanol–water partition coefficient (Wildman–Crippen LogP) is 4.32. The van der Waals surface area contributed by atoms with Crippen LogP contribution in [0.3, 0.4) is 0 Å². The van der Waals surface area contributed by atoms with Gasteiger partial charge in [-0.05, 0) is 20.8 Å². The van der Waals surface area contributed by atoms with Crippen molar-refractivity contribution in [3.8, 4) is 11.4 Å². The van der Waals surface area contributed by atoms with Crippen molar-refractivity contribution < 1.29 is 4.79 Å². The number of anilines is 1. The van der Waals surface area contributed by atoms with Crippen molar-refractivity contribution in [2.75, 3.05) is 5.32 Å². The van der Waals surface area contributed by atoms with Gasteiger partial charge in [-0.25, -0.2) is 4.98 Å². The molecule has 1 aromatic carbocycles. The average molecular weight is 400 g/mol. The average Bonchev–Trinajstić information content (AvgIpc) is 3.19. The molecule has 0 unspecified atom stereocenters. The molecule has 140 valence electrons. The number of amides is 1. The van der Waals surface area contributed by atoms with Gasteiger partial charge in [-0.1, -0.05) is 48.2 Å². The molecule has 0 saturated carbocycles. The predicted molar refractivity (Wildman–Crippen MR) is 111 cm³/mol. The van der Waals surface area contributed by atoms with Crippen LogP contribution in [0.1, 0.15) is 17.5 Å². The number of thioether (sulfide) groups is 1. The molecule has 6 nitrogen and oxygen atoms in total. The van der Waals surface area contributed by atoms with Crippen molar-refractivity contribution in [3.05, 3.63) is 53.6 Å². The van der Waals surface area contributed by atoms with Gasteiger partial charge in [0.25, 0.3) is 0 Å². The second-order valence-corrected chi connectivity index (χ2v) is 8.49. The van der Waals surface area contributed by atoms with Gasteiger partial charge in [0.1, 0.15) is 0 Å². The van der Waals surface area contributed by atoms with Gasteiger partial charge >= 0.3 is 0 Å². The number of nitrogens with zero attached hydrogens (tertiary/aromatic N) is 4. The van der Waals surface area contributed by atoms with Crippen molar-refractivity contribution in [1.29, 1.82) is 0 Å². The molecular formula is C19H21N5OS2. The molecule has 8 heteroatoms. The van der Waals surface area contributed by atoms with Crippen LogP contribution in [-0.4, -0.2) is 30.9 Å². The van der Waals surface area contributed by atoms with Crippen LogP contribution in [0, 0.1) is 13.8 Å². The minimum absolute atomic E-state index is 0.108. The first-order valence-corrected chi connectivity index (χ1v) is 10.2. The summed E-state index contributed by atoms with van der Waals surface area (Å²) < 4.78 is 1.97. The third-order valence-corrected chi connectivity index (χ3v) is 6.04. The van der Waals surface area contributed by atoms with Gasteiger partial charge in [0.15, 0.2) is 16.1 Å². The number of benzene rings is 1. The number of carbonyl (C=O) groups excluding carboxylic acids is 1. The van der Waals surface area contributed by atoms with Crippen LogP contribution < -0.4 is 5.32 Å². The zero-order chi connectivity index (χ0) is 19.4. The Bertz CT molecular complexity index is 929. The van der Waals surface area contributed by atoms with E-state index in [0.717, 1.165) is 22.0 Å². The summed E-state index contributed by atoms with van der Waals surface area (Å²) in [6, 6.07) is 9.86. The lowest BCUT2D eigenvalue weighted by atomic mass is 10.2. The fourth-order valence-corrected chi connectivity index (χ4v) is 4.09. The molecule has 0 bridgehead atoms. The van der Waals surface area contributed by atoms with Crippen LogP contribution >= 0.6 is 23.1 Å². The van der Waals surface area contributed by atoms with E-state index >= 15 is 0 Å². The Morgan fingerprint density at radius 2 is 2.07 bits per heavy atom. The van der Waals surface area contributed by atoms with Crippen molar-refractivity contribution in [1.82, 2.24) is 19.7 Å². The first-order chi connectivity index (χ1) is 13.0. The van der Waals surface area contributed by atoms with Crippen LogP contribution in [0.4, 0.5) is 5.13 Å². The lowest BCUT2D eigenvalue weighted by molar-refractivity contribution is -0.115. The molecule has 2 heterocycles. The highest BCUT2D eigenvalue weighted by atomic mass is 32.2. The zero-order valence-corrected chi connectivity index (χ0v) is 17.1. The van der Waals surface area contributed by atoms with E-state index in [4.69, 9.17) is 0 Å². The summed E-state index contributed by atoms with van der Waals surface area (Å²) >= 11 is 2.85. The SMILES string of the molecule is C=CCn1c(S[C@H](C)C(=O)Nc2nc(C)c(C)s2)nnc1-c1ccccc1. The van der Waals surface area contributed by atoms with E-state index in [9.17, 15) is 4.79 Å². The summed E-state index contributed by atoms with van der Waals surface area (Å²) in [7, 11) is 0. The third kappa shape index (κ3) is 4.45. The highest BCUT2D eigenvalue weighted by Crippen LogP contribution is 2.28. The third-order valence-electron chi connectivity index (χ3n) is 3.97. The molecule has 27 heavy (non-hydrogen) atoms. The minimum Gasteiger partial charge on any atom is -0.301 e. The van der Waals surface area contributed by atoms with Crippen molar-refractivity contribution in [3.63, 3.8) is 0 Å². The molecule has 2 aromatic heterocycles. The van der Waals surface area contributed by atoms with E-state index in [1.165, 1.54) is 23.1 Å². The number of nitrogens with one attached hydrogen (secondary N) is 1. The van der Waals surface area contributed by atoms with Gasteiger partial charge in [-0.3, -0.25) is 9.36 Å². The highest BCUT2D eigenvalue weighted by molar-refractivity contribution is 8.00. The Morgan fingerprint density at radius 1 is 1.33 bits per heavy atom. The maximum atomic E-state index is 12.5. The largest absolute Gasteiger partial charge is 0.301 e. The molecule has 1 N–H and O–H groups in total. The zero-order valence-electron chi connectivity index (χ0n) is 15.5. The van der Waals surface area contributed by atoms with E-state index in [-0.39, 0.29) is 11.2 Å². The van der Waals surface area contributed by atoms with Gasteiger partial charge in [-0.15, -0.1) is 28.1 Å². The van der Waals surface area contributed by atoms with Gasteiger partial charge in [0, 0.05) is 17.0 Å². The lowest BCUT2D eigenvalue weighted by Gasteiger charge is -2.12. The topological polar surface area (TPSA) is 72.7 Å². The minimum atomic E-state index is -0.342. The van der Waals surface area contributed by atoms with Gasteiger partial charge in [-0.2, -0.15) is 0 Å². The number of allylic oxidation sites excluding steroid dienone is 1. The summed E-state index contributed by atoms with van der Waals surface area (Å²) in [5, 5.41) is 12.5. The molecule has 0 radical (unpaired) electrons. The number of thiazole rings is 1. The molecule has 3 rings (SSSR count). The quantitative estimate of drug-likeness (QED) is 0.473. The summed E-state index contributed by atoms with van der Waals surface area (Å²) in [5.74, 6) is 0.653. The number of carbonyl (C=O) groups is 1. The molecule has 1 atom stereocenters. The van der Waals surface area contributed by atoms with Crippen molar-refractivity contribution in [2.24, 2.45) is 0 Å². The maximum absolute atomic E-state index is 12.5. The number of hydrogen-bond acceptors (Lipinski definition) is 6. The van der Waals surface area contributed by atoms with Crippen LogP contribution in [0.5, 0.6) is 0 Å². The summed E-state index contributed by atoms with van der Waals surface area (Å²) in [4.78, 5) is 18.0. The second-order valence-electron chi connectivity index (χ2n) is 5.98. The Balaban J connectivity index is 1.77. The smallest absolute Gasteiger partial charge is 0.239 e. The van der Waals surface area contributed by atoms with Crippen molar-refractivity contribution >= 4 is 34.1 Å². The molecule has 0 fully saturated rings. The van der Waals surface area contributed by atoms with E-state index < -0.39 is 0 Å².